The summed E-state index contributed by atoms with van der Waals surface area (Å²) in [5, 5.41) is 13.3. The van der Waals surface area contributed by atoms with Crippen molar-refractivity contribution in [3.05, 3.63) is 41.7 Å². The van der Waals surface area contributed by atoms with E-state index in [1.165, 1.54) is 0 Å². The Morgan fingerprint density at radius 1 is 1.29 bits per heavy atom. The van der Waals surface area contributed by atoms with Crippen LogP contribution < -0.4 is 0 Å². The normalized spacial score (nSPS) is 10.2. The Morgan fingerprint density at radius 3 is 2.82 bits per heavy atom. The number of aryl methyl sites for hydroxylation is 2. The van der Waals surface area contributed by atoms with Gasteiger partial charge in [-0.1, -0.05) is 13.0 Å². The first kappa shape index (κ1) is 11.4. The molecule has 0 fully saturated rings. The van der Waals surface area contributed by atoms with Gasteiger partial charge in [0.1, 0.15) is 0 Å². The molecule has 2 rings (SSSR count). The fraction of sp³-hybridized carbons (Fsp3) is 0.286. The molecule has 0 saturated carbocycles. The monoisotopic (exact) mass is 225 g/mol. The van der Waals surface area contributed by atoms with E-state index in [1.807, 2.05) is 36.1 Å². The lowest BCUT2D eigenvalue weighted by molar-refractivity contribution is 0.603. The molecule has 3 nitrogen and oxygen atoms in total. The molecule has 0 amide bonds. The maximum Gasteiger partial charge on any atom is 0.0991 e. The zero-order valence-corrected chi connectivity index (χ0v) is 10.1. The molecule has 0 aliphatic rings. The quantitative estimate of drug-likeness (QED) is 0.805. The van der Waals surface area contributed by atoms with Gasteiger partial charge >= 0.3 is 0 Å². The van der Waals surface area contributed by atoms with Crippen LogP contribution in [0.3, 0.4) is 0 Å². The Kier molecular flexibility index (Phi) is 3.24. The molecule has 1 heterocycles. The highest BCUT2D eigenvalue weighted by Gasteiger charge is 2.04. The molecule has 0 bridgehead atoms. The van der Waals surface area contributed by atoms with Crippen LogP contribution in [-0.4, -0.2) is 9.78 Å². The molecule has 0 spiro atoms. The van der Waals surface area contributed by atoms with Gasteiger partial charge in [0, 0.05) is 18.3 Å². The number of rotatable bonds is 3. The second kappa shape index (κ2) is 4.84. The molecule has 0 N–H and O–H groups in total. The van der Waals surface area contributed by atoms with E-state index in [2.05, 4.69) is 24.2 Å². The Hall–Kier alpha value is -2.08. The molecule has 17 heavy (non-hydrogen) atoms. The van der Waals surface area contributed by atoms with E-state index < -0.39 is 0 Å². The first-order chi connectivity index (χ1) is 8.22. The summed E-state index contributed by atoms with van der Waals surface area (Å²) in [7, 11) is 0. The third-order valence-corrected chi connectivity index (χ3v) is 2.63. The van der Waals surface area contributed by atoms with Crippen LogP contribution in [0.1, 0.15) is 24.5 Å². The van der Waals surface area contributed by atoms with Crippen LogP contribution in [0.5, 0.6) is 0 Å². The number of nitrogens with zero attached hydrogens (tertiary/aromatic N) is 3. The van der Waals surface area contributed by atoms with Crippen molar-refractivity contribution in [3.8, 4) is 17.2 Å². The Morgan fingerprint density at radius 2 is 2.12 bits per heavy atom. The fourth-order valence-corrected chi connectivity index (χ4v) is 1.88. The van der Waals surface area contributed by atoms with E-state index in [0.717, 1.165) is 29.7 Å². The first-order valence-electron chi connectivity index (χ1n) is 5.77. The molecule has 2 aromatic rings. The van der Waals surface area contributed by atoms with Crippen molar-refractivity contribution in [2.24, 2.45) is 0 Å². The van der Waals surface area contributed by atoms with E-state index in [0.29, 0.717) is 5.56 Å². The molecule has 0 saturated heterocycles. The summed E-state index contributed by atoms with van der Waals surface area (Å²) >= 11 is 0. The summed E-state index contributed by atoms with van der Waals surface area (Å²) in [6, 6.07) is 8.05. The van der Waals surface area contributed by atoms with Gasteiger partial charge < -0.3 is 0 Å². The van der Waals surface area contributed by atoms with E-state index in [1.54, 1.807) is 0 Å². The zero-order chi connectivity index (χ0) is 12.3. The third kappa shape index (κ3) is 2.54. The summed E-state index contributed by atoms with van der Waals surface area (Å²) < 4.78 is 1.93. The average Bonchev–Trinajstić information content (AvgIpc) is 2.77. The number of hydrogen-bond acceptors (Lipinski definition) is 2. The van der Waals surface area contributed by atoms with E-state index >= 15 is 0 Å². The van der Waals surface area contributed by atoms with Crippen LogP contribution in [0.4, 0.5) is 0 Å². The Bertz CT molecular complexity index is 561. The number of nitriles is 1. The van der Waals surface area contributed by atoms with Crippen molar-refractivity contribution in [1.82, 2.24) is 9.78 Å². The molecule has 0 unspecified atom stereocenters. The topological polar surface area (TPSA) is 41.6 Å². The minimum atomic E-state index is 0.697. The fourth-order valence-electron chi connectivity index (χ4n) is 1.88. The van der Waals surface area contributed by atoms with Gasteiger partial charge in [-0.25, -0.2) is 0 Å². The van der Waals surface area contributed by atoms with Crippen molar-refractivity contribution < 1.29 is 0 Å². The van der Waals surface area contributed by atoms with E-state index in [4.69, 9.17) is 5.26 Å². The third-order valence-electron chi connectivity index (χ3n) is 2.63. The van der Waals surface area contributed by atoms with Gasteiger partial charge in [-0.3, -0.25) is 4.68 Å². The van der Waals surface area contributed by atoms with Crippen molar-refractivity contribution in [3.63, 3.8) is 0 Å². The molecule has 0 aliphatic carbocycles. The number of hydrogen-bond donors (Lipinski definition) is 0. The summed E-state index contributed by atoms with van der Waals surface area (Å²) in [5.41, 5.74) is 3.92. The van der Waals surface area contributed by atoms with Gasteiger partial charge in [0.05, 0.1) is 17.8 Å². The molecular formula is C14H15N3. The largest absolute Gasteiger partial charge is 0.272 e. The van der Waals surface area contributed by atoms with Crippen LogP contribution in [-0.2, 0) is 6.54 Å². The van der Waals surface area contributed by atoms with E-state index in [9.17, 15) is 0 Å². The van der Waals surface area contributed by atoms with Crippen molar-refractivity contribution in [2.75, 3.05) is 0 Å². The first-order valence-corrected chi connectivity index (χ1v) is 5.77. The van der Waals surface area contributed by atoms with Gasteiger partial charge in [0.15, 0.2) is 0 Å². The summed E-state index contributed by atoms with van der Waals surface area (Å²) in [5.74, 6) is 0. The molecule has 0 aliphatic heterocycles. The maximum atomic E-state index is 8.95. The molecular weight excluding hydrogens is 210 g/mol. The van der Waals surface area contributed by atoms with Crippen LogP contribution >= 0.6 is 0 Å². The van der Waals surface area contributed by atoms with Crippen molar-refractivity contribution in [2.45, 2.75) is 26.8 Å². The predicted octanol–water partition coefficient (Wildman–Crippen LogP) is 3.14. The van der Waals surface area contributed by atoms with Gasteiger partial charge in [0.2, 0.25) is 0 Å². The molecule has 0 atom stereocenters. The molecule has 86 valence electrons. The number of aromatic nitrogens is 2. The zero-order valence-electron chi connectivity index (χ0n) is 10.1. The van der Waals surface area contributed by atoms with Crippen LogP contribution in [0, 0.1) is 18.3 Å². The minimum Gasteiger partial charge on any atom is -0.272 e. The smallest absolute Gasteiger partial charge is 0.0991 e. The van der Waals surface area contributed by atoms with Crippen LogP contribution in [0.2, 0.25) is 0 Å². The molecule has 1 aromatic carbocycles. The van der Waals surface area contributed by atoms with Gasteiger partial charge in [-0.15, -0.1) is 0 Å². The standard InChI is InChI=1S/C14H15N3/c1-3-4-17-10-14(9-16-17)13-6-11(2)5-12(7-13)8-15/h5-7,9-10H,3-4H2,1-2H3. The Balaban J connectivity index is 2.38. The summed E-state index contributed by atoms with van der Waals surface area (Å²) in [4.78, 5) is 0. The Labute approximate surface area is 101 Å². The second-order valence-electron chi connectivity index (χ2n) is 4.19. The lowest BCUT2D eigenvalue weighted by Gasteiger charge is -2.01. The highest BCUT2D eigenvalue weighted by Crippen LogP contribution is 2.21. The van der Waals surface area contributed by atoms with Gasteiger partial charge in [0.25, 0.3) is 0 Å². The number of benzene rings is 1. The highest BCUT2D eigenvalue weighted by molar-refractivity contribution is 5.64. The van der Waals surface area contributed by atoms with E-state index in [-0.39, 0.29) is 0 Å². The second-order valence-corrected chi connectivity index (χ2v) is 4.19. The van der Waals surface area contributed by atoms with Crippen molar-refractivity contribution in [1.29, 1.82) is 5.26 Å². The van der Waals surface area contributed by atoms with Gasteiger partial charge in [-0.2, -0.15) is 10.4 Å². The SMILES string of the molecule is CCCn1cc(-c2cc(C)cc(C#N)c2)cn1. The molecule has 3 heteroatoms. The predicted molar refractivity (Wildman–Crippen MR) is 67.4 cm³/mol. The lowest BCUT2D eigenvalue weighted by Crippen LogP contribution is -1.95. The van der Waals surface area contributed by atoms with Crippen LogP contribution in [0.15, 0.2) is 30.6 Å². The highest BCUT2D eigenvalue weighted by atomic mass is 15.3. The van der Waals surface area contributed by atoms with Crippen molar-refractivity contribution >= 4 is 0 Å². The maximum absolute atomic E-state index is 8.95. The molecule has 1 aromatic heterocycles. The summed E-state index contributed by atoms with van der Waals surface area (Å²) in [6.45, 7) is 5.06. The molecule has 0 radical (unpaired) electrons. The summed E-state index contributed by atoms with van der Waals surface area (Å²) in [6.07, 6.45) is 4.95. The van der Waals surface area contributed by atoms with Gasteiger partial charge in [-0.05, 0) is 36.6 Å². The lowest BCUT2D eigenvalue weighted by atomic mass is 10.0. The van der Waals surface area contributed by atoms with Crippen LogP contribution in [0.25, 0.3) is 11.1 Å². The average molecular weight is 225 g/mol. The minimum absolute atomic E-state index is 0.697.